The van der Waals surface area contributed by atoms with Crippen LogP contribution in [-0.2, 0) is 11.2 Å². The predicted molar refractivity (Wildman–Crippen MR) is 141 cm³/mol. The van der Waals surface area contributed by atoms with E-state index < -0.39 is 0 Å². The maximum absolute atomic E-state index is 12.7. The van der Waals surface area contributed by atoms with Crippen LogP contribution < -0.4 is 5.32 Å². The van der Waals surface area contributed by atoms with Crippen LogP contribution in [0.5, 0.6) is 0 Å². The maximum atomic E-state index is 12.7. The number of halogens is 1. The third-order valence-electron chi connectivity index (χ3n) is 5.43. The third kappa shape index (κ3) is 5.88. The zero-order valence-electron chi connectivity index (χ0n) is 19.3. The van der Waals surface area contributed by atoms with Crippen molar-refractivity contribution in [2.24, 2.45) is 0 Å². The van der Waals surface area contributed by atoms with Gasteiger partial charge < -0.3 is 5.32 Å². The van der Waals surface area contributed by atoms with E-state index in [-0.39, 0.29) is 11.7 Å². The van der Waals surface area contributed by atoms with Gasteiger partial charge in [0.1, 0.15) is 0 Å². The van der Waals surface area contributed by atoms with Crippen LogP contribution in [0.15, 0.2) is 78.0 Å². The first-order valence-corrected chi connectivity index (χ1v) is 12.7. The van der Waals surface area contributed by atoms with Gasteiger partial charge in [-0.2, -0.15) is 0 Å². The monoisotopic (exact) mass is 490 g/mol. The minimum atomic E-state index is -0.0935. The Kier molecular flexibility index (Phi) is 8.03. The lowest BCUT2D eigenvalue weighted by molar-refractivity contribution is -0.113. The van der Waals surface area contributed by atoms with Crippen LogP contribution in [0.2, 0.25) is 5.02 Å². The second-order valence-electron chi connectivity index (χ2n) is 8.09. The molecular formula is C27H27ClN4OS. The Hall–Kier alpha value is -3.09. The molecular weight excluding hydrogens is 464 g/mol. The number of rotatable bonds is 9. The van der Waals surface area contributed by atoms with Crippen molar-refractivity contribution in [3.05, 3.63) is 88.9 Å². The number of carbonyl (C=O) groups excluding carboxylic acids is 1. The van der Waals surface area contributed by atoms with E-state index in [9.17, 15) is 4.79 Å². The molecule has 0 saturated heterocycles. The summed E-state index contributed by atoms with van der Waals surface area (Å²) in [6.45, 7) is 4.23. The molecule has 34 heavy (non-hydrogen) atoms. The average Bonchev–Trinajstić information content (AvgIpc) is 3.27. The van der Waals surface area contributed by atoms with Crippen LogP contribution in [0.4, 0.5) is 5.69 Å². The van der Waals surface area contributed by atoms with Gasteiger partial charge in [-0.25, -0.2) is 0 Å². The van der Waals surface area contributed by atoms with Gasteiger partial charge in [0.05, 0.1) is 10.8 Å². The summed E-state index contributed by atoms with van der Waals surface area (Å²) in [5.74, 6) is 0.758. The standard InChI is InChI=1S/C27H27ClN4OS/c1-3-4-7-20-12-14-21(15-13-20)29-25(33)18-34-27-31-30-26(23-8-5-6-9-24(23)28)32(27)22-16-10-19(2)11-17-22/h5-6,8-17H,3-4,7,18H2,1-2H3,(H,29,33). The van der Waals surface area contributed by atoms with Crippen LogP contribution >= 0.6 is 23.4 Å². The summed E-state index contributed by atoms with van der Waals surface area (Å²) in [4.78, 5) is 12.7. The summed E-state index contributed by atoms with van der Waals surface area (Å²) < 4.78 is 1.95. The Morgan fingerprint density at radius 2 is 1.74 bits per heavy atom. The molecule has 0 saturated carbocycles. The molecule has 0 aliphatic rings. The number of hydrogen-bond acceptors (Lipinski definition) is 4. The van der Waals surface area contributed by atoms with E-state index in [0.717, 1.165) is 28.9 Å². The Bertz CT molecular complexity index is 1250. The summed E-state index contributed by atoms with van der Waals surface area (Å²) >= 11 is 7.80. The van der Waals surface area contributed by atoms with Crippen molar-refractivity contribution in [1.29, 1.82) is 0 Å². The molecule has 7 heteroatoms. The first-order valence-electron chi connectivity index (χ1n) is 11.3. The summed E-state index contributed by atoms with van der Waals surface area (Å²) in [6.07, 6.45) is 3.39. The molecule has 0 radical (unpaired) electrons. The fourth-order valence-electron chi connectivity index (χ4n) is 3.57. The Balaban J connectivity index is 1.52. The molecule has 1 amide bonds. The molecule has 4 aromatic rings. The number of unbranched alkanes of at least 4 members (excludes halogenated alkanes) is 1. The van der Waals surface area contributed by atoms with E-state index >= 15 is 0 Å². The summed E-state index contributed by atoms with van der Waals surface area (Å²) in [5, 5.41) is 13.0. The van der Waals surface area contributed by atoms with E-state index in [1.165, 1.54) is 30.2 Å². The molecule has 0 fully saturated rings. The van der Waals surface area contributed by atoms with E-state index in [1.54, 1.807) is 0 Å². The highest BCUT2D eigenvalue weighted by molar-refractivity contribution is 7.99. The van der Waals surface area contributed by atoms with Crippen LogP contribution in [0.3, 0.4) is 0 Å². The van der Waals surface area contributed by atoms with Gasteiger partial charge in [-0.1, -0.05) is 78.7 Å². The molecule has 1 N–H and O–H groups in total. The predicted octanol–water partition coefficient (Wildman–Crippen LogP) is 6.97. The van der Waals surface area contributed by atoms with Gasteiger partial charge in [0, 0.05) is 16.9 Å². The number of thioether (sulfide) groups is 1. The molecule has 0 spiro atoms. The third-order valence-corrected chi connectivity index (χ3v) is 6.69. The highest BCUT2D eigenvalue weighted by Gasteiger charge is 2.19. The number of nitrogens with one attached hydrogen (secondary N) is 1. The van der Waals surface area contributed by atoms with E-state index in [2.05, 4.69) is 34.6 Å². The summed E-state index contributed by atoms with van der Waals surface area (Å²) in [7, 11) is 0. The zero-order chi connectivity index (χ0) is 23.9. The lowest BCUT2D eigenvalue weighted by atomic mass is 10.1. The largest absolute Gasteiger partial charge is 0.325 e. The lowest BCUT2D eigenvalue weighted by Crippen LogP contribution is -2.14. The fourth-order valence-corrected chi connectivity index (χ4v) is 4.54. The SMILES string of the molecule is CCCCc1ccc(NC(=O)CSc2nnc(-c3ccccc3Cl)n2-c2ccc(C)cc2)cc1. The molecule has 1 aromatic heterocycles. The molecule has 0 aliphatic heterocycles. The number of benzene rings is 3. The van der Waals surface area contributed by atoms with Gasteiger partial charge in [-0.05, 0) is 61.7 Å². The molecule has 0 bridgehead atoms. The molecule has 1 heterocycles. The van der Waals surface area contributed by atoms with E-state index in [0.29, 0.717) is 16.0 Å². The second kappa shape index (κ2) is 11.4. The average molecular weight is 491 g/mol. The van der Waals surface area contributed by atoms with E-state index in [1.807, 2.05) is 72.2 Å². The number of aromatic nitrogens is 3. The molecule has 174 valence electrons. The molecule has 4 rings (SSSR count). The maximum Gasteiger partial charge on any atom is 0.234 e. The Morgan fingerprint density at radius 3 is 2.44 bits per heavy atom. The normalized spacial score (nSPS) is 10.9. The highest BCUT2D eigenvalue weighted by Crippen LogP contribution is 2.32. The van der Waals surface area contributed by atoms with Gasteiger partial charge in [-0.15, -0.1) is 10.2 Å². The molecule has 3 aromatic carbocycles. The minimum absolute atomic E-state index is 0.0935. The summed E-state index contributed by atoms with van der Waals surface area (Å²) in [6, 6.07) is 23.7. The topological polar surface area (TPSA) is 59.8 Å². The number of nitrogens with zero attached hydrogens (tertiary/aromatic N) is 3. The Labute approximate surface area is 209 Å². The van der Waals surface area contributed by atoms with Crippen molar-refractivity contribution >= 4 is 35.0 Å². The van der Waals surface area contributed by atoms with Gasteiger partial charge in [0.15, 0.2) is 11.0 Å². The lowest BCUT2D eigenvalue weighted by Gasteiger charge is -2.12. The molecule has 5 nitrogen and oxygen atoms in total. The highest BCUT2D eigenvalue weighted by atomic mass is 35.5. The quantitative estimate of drug-likeness (QED) is 0.257. The van der Waals surface area contributed by atoms with Crippen LogP contribution in [0.1, 0.15) is 30.9 Å². The number of anilines is 1. The Morgan fingerprint density at radius 1 is 1.00 bits per heavy atom. The van der Waals surface area contributed by atoms with Gasteiger partial charge >= 0.3 is 0 Å². The molecule has 0 atom stereocenters. The minimum Gasteiger partial charge on any atom is -0.325 e. The second-order valence-corrected chi connectivity index (χ2v) is 9.44. The van der Waals surface area contributed by atoms with Crippen LogP contribution in [0.25, 0.3) is 17.1 Å². The zero-order valence-corrected chi connectivity index (χ0v) is 20.9. The number of amides is 1. The first kappa shape index (κ1) is 24.0. The smallest absolute Gasteiger partial charge is 0.234 e. The number of aryl methyl sites for hydroxylation is 2. The van der Waals surface area contributed by atoms with Gasteiger partial charge in [-0.3, -0.25) is 9.36 Å². The van der Waals surface area contributed by atoms with Crippen molar-refractivity contribution in [2.75, 3.05) is 11.1 Å². The number of carbonyl (C=O) groups is 1. The summed E-state index contributed by atoms with van der Waals surface area (Å²) in [5.41, 5.74) is 4.94. The van der Waals surface area contributed by atoms with Crippen molar-refractivity contribution in [3.8, 4) is 17.1 Å². The van der Waals surface area contributed by atoms with Crippen LogP contribution in [-0.4, -0.2) is 26.4 Å². The molecule has 0 aliphatic carbocycles. The van der Waals surface area contributed by atoms with Crippen molar-refractivity contribution in [3.63, 3.8) is 0 Å². The first-order chi connectivity index (χ1) is 16.5. The van der Waals surface area contributed by atoms with Crippen molar-refractivity contribution in [1.82, 2.24) is 14.8 Å². The fraction of sp³-hybridized carbons (Fsp3) is 0.222. The van der Waals surface area contributed by atoms with Gasteiger partial charge in [0.25, 0.3) is 0 Å². The van der Waals surface area contributed by atoms with Crippen LogP contribution in [0, 0.1) is 6.92 Å². The molecule has 0 unspecified atom stereocenters. The number of hydrogen-bond donors (Lipinski definition) is 1. The van der Waals surface area contributed by atoms with Gasteiger partial charge in [0.2, 0.25) is 5.91 Å². The van der Waals surface area contributed by atoms with Crippen molar-refractivity contribution < 1.29 is 4.79 Å². The van der Waals surface area contributed by atoms with Crippen molar-refractivity contribution in [2.45, 2.75) is 38.3 Å². The van der Waals surface area contributed by atoms with E-state index in [4.69, 9.17) is 11.6 Å².